The van der Waals surface area contributed by atoms with Crippen LogP contribution in [0.3, 0.4) is 0 Å². The number of hydrogen-bond acceptors (Lipinski definition) is 2. The zero-order valence-corrected chi connectivity index (χ0v) is 13.5. The Labute approximate surface area is 132 Å². The molecule has 0 saturated heterocycles. The Bertz CT molecular complexity index is 599. The Hall–Kier alpha value is -1.40. The zero-order valence-electron chi connectivity index (χ0n) is 11.3. The second-order valence-corrected chi connectivity index (χ2v) is 5.53. The van der Waals surface area contributed by atoms with Crippen LogP contribution < -0.4 is 10.6 Å². The van der Waals surface area contributed by atoms with Gasteiger partial charge in [0.15, 0.2) is 0 Å². The lowest BCUT2D eigenvalue weighted by Crippen LogP contribution is -2.17. The third-order valence-corrected chi connectivity index (χ3v) is 3.89. The van der Waals surface area contributed by atoms with Gasteiger partial charge >= 0.3 is 0 Å². The summed E-state index contributed by atoms with van der Waals surface area (Å²) in [5.74, 6) is -0.0704. The molecule has 2 N–H and O–H groups in total. The molecular formula is C16H17IN2O. The smallest absolute Gasteiger partial charge is 0.256 e. The van der Waals surface area contributed by atoms with Crippen LogP contribution in [-0.2, 0) is 6.54 Å². The van der Waals surface area contributed by atoms with E-state index >= 15 is 0 Å². The van der Waals surface area contributed by atoms with E-state index in [1.165, 1.54) is 0 Å². The van der Waals surface area contributed by atoms with Crippen molar-refractivity contribution in [2.75, 3.05) is 11.9 Å². The van der Waals surface area contributed by atoms with Crippen molar-refractivity contribution >= 4 is 34.2 Å². The molecule has 2 aromatic carbocycles. The standard InChI is InChI=1S/C16H17IN2O/c1-2-18-11-12-7-3-6-10-15(12)19-16(20)13-8-4-5-9-14(13)17/h3-10,18H,2,11H2,1H3,(H,19,20). The van der Waals surface area contributed by atoms with Gasteiger partial charge < -0.3 is 10.6 Å². The molecule has 0 aliphatic carbocycles. The van der Waals surface area contributed by atoms with Crippen LogP contribution in [0.15, 0.2) is 48.5 Å². The van der Waals surface area contributed by atoms with Crippen molar-refractivity contribution in [2.45, 2.75) is 13.5 Å². The highest BCUT2D eigenvalue weighted by molar-refractivity contribution is 14.1. The fourth-order valence-electron chi connectivity index (χ4n) is 1.89. The first-order chi connectivity index (χ1) is 9.72. The van der Waals surface area contributed by atoms with Gasteiger partial charge in [-0.05, 0) is 52.9 Å². The van der Waals surface area contributed by atoms with E-state index in [1.54, 1.807) is 0 Å². The summed E-state index contributed by atoms with van der Waals surface area (Å²) in [4.78, 5) is 12.3. The van der Waals surface area contributed by atoms with Gasteiger partial charge in [-0.15, -0.1) is 0 Å². The molecule has 4 heteroatoms. The van der Waals surface area contributed by atoms with Gasteiger partial charge in [-0.25, -0.2) is 0 Å². The van der Waals surface area contributed by atoms with E-state index < -0.39 is 0 Å². The normalized spacial score (nSPS) is 10.3. The van der Waals surface area contributed by atoms with Crippen LogP contribution >= 0.6 is 22.6 Å². The highest BCUT2D eigenvalue weighted by Crippen LogP contribution is 2.18. The van der Waals surface area contributed by atoms with Gasteiger partial charge in [-0.3, -0.25) is 4.79 Å². The molecule has 0 aliphatic heterocycles. The van der Waals surface area contributed by atoms with Gasteiger partial charge in [0.1, 0.15) is 0 Å². The van der Waals surface area contributed by atoms with E-state index in [9.17, 15) is 4.79 Å². The molecule has 0 atom stereocenters. The summed E-state index contributed by atoms with van der Waals surface area (Å²) in [7, 11) is 0. The summed E-state index contributed by atoms with van der Waals surface area (Å²) >= 11 is 2.18. The lowest BCUT2D eigenvalue weighted by atomic mass is 10.1. The first-order valence-corrected chi connectivity index (χ1v) is 7.64. The Morgan fingerprint density at radius 3 is 2.55 bits per heavy atom. The zero-order chi connectivity index (χ0) is 14.4. The van der Waals surface area contributed by atoms with Gasteiger partial charge in [0.2, 0.25) is 0 Å². The van der Waals surface area contributed by atoms with E-state index in [0.717, 1.165) is 27.9 Å². The van der Waals surface area contributed by atoms with E-state index in [1.807, 2.05) is 48.5 Å². The Kier molecular flexibility index (Phi) is 5.55. The molecule has 0 unspecified atom stereocenters. The number of carbonyl (C=O) groups excluding carboxylic acids is 1. The van der Waals surface area contributed by atoms with Gasteiger partial charge in [0.25, 0.3) is 5.91 Å². The SMILES string of the molecule is CCNCc1ccccc1NC(=O)c1ccccc1I. The molecule has 0 heterocycles. The molecule has 3 nitrogen and oxygen atoms in total. The number of para-hydroxylation sites is 1. The summed E-state index contributed by atoms with van der Waals surface area (Å²) in [6.45, 7) is 3.71. The van der Waals surface area contributed by atoms with Gasteiger partial charge in [-0.2, -0.15) is 0 Å². The third-order valence-electron chi connectivity index (χ3n) is 2.95. The predicted octanol–water partition coefficient (Wildman–Crippen LogP) is 3.65. The van der Waals surface area contributed by atoms with Crippen LogP contribution in [0.5, 0.6) is 0 Å². The summed E-state index contributed by atoms with van der Waals surface area (Å²) in [5.41, 5.74) is 2.65. The molecule has 2 aromatic rings. The molecule has 1 amide bonds. The first-order valence-electron chi connectivity index (χ1n) is 6.57. The number of rotatable bonds is 5. The predicted molar refractivity (Wildman–Crippen MR) is 90.9 cm³/mol. The first kappa shape index (κ1) is 15.0. The number of halogens is 1. The van der Waals surface area contributed by atoms with Crippen molar-refractivity contribution < 1.29 is 4.79 Å². The van der Waals surface area contributed by atoms with Gasteiger partial charge in [0.05, 0.1) is 5.56 Å². The maximum Gasteiger partial charge on any atom is 0.256 e. The fourth-order valence-corrected chi connectivity index (χ4v) is 2.52. The molecule has 0 spiro atoms. The van der Waals surface area contributed by atoms with Crippen LogP contribution in [0.4, 0.5) is 5.69 Å². The van der Waals surface area contributed by atoms with Crippen molar-refractivity contribution in [1.29, 1.82) is 0 Å². The number of anilines is 1. The fraction of sp³-hybridized carbons (Fsp3) is 0.188. The van der Waals surface area contributed by atoms with Crippen molar-refractivity contribution in [1.82, 2.24) is 5.32 Å². The van der Waals surface area contributed by atoms with Crippen LogP contribution in [0.1, 0.15) is 22.8 Å². The Balaban J connectivity index is 2.18. The number of benzene rings is 2. The minimum Gasteiger partial charge on any atom is -0.322 e. The van der Waals surface area contributed by atoms with E-state index in [0.29, 0.717) is 5.56 Å². The average Bonchev–Trinajstić information content (AvgIpc) is 2.46. The van der Waals surface area contributed by atoms with Crippen LogP contribution in [0.25, 0.3) is 0 Å². The largest absolute Gasteiger partial charge is 0.322 e. The molecule has 0 fully saturated rings. The van der Waals surface area contributed by atoms with Crippen LogP contribution in [-0.4, -0.2) is 12.5 Å². The van der Waals surface area contributed by atoms with Gasteiger partial charge in [-0.1, -0.05) is 37.3 Å². The highest BCUT2D eigenvalue weighted by atomic mass is 127. The molecule has 2 rings (SSSR count). The average molecular weight is 380 g/mol. The number of carbonyl (C=O) groups is 1. The number of hydrogen-bond donors (Lipinski definition) is 2. The van der Waals surface area contributed by atoms with Crippen LogP contribution in [0.2, 0.25) is 0 Å². The Morgan fingerprint density at radius 2 is 1.80 bits per heavy atom. The topological polar surface area (TPSA) is 41.1 Å². The molecule has 20 heavy (non-hydrogen) atoms. The second kappa shape index (κ2) is 7.40. The quantitative estimate of drug-likeness (QED) is 0.778. The minimum absolute atomic E-state index is 0.0704. The van der Waals surface area contributed by atoms with Crippen molar-refractivity contribution in [3.8, 4) is 0 Å². The van der Waals surface area contributed by atoms with E-state index in [2.05, 4.69) is 40.1 Å². The lowest BCUT2D eigenvalue weighted by molar-refractivity contribution is 0.102. The van der Waals surface area contributed by atoms with Crippen molar-refractivity contribution in [3.05, 3.63) is 63.2 Å². The second-order valence-electron chi connectivity index (χ2n) is 4.37. The summed E-state index contributed by atoms with van der Waals surface area (Å²) in [5, 5.41) is 6.27. The molecule has 0 radical (unpaired) electrons. The number of nitrogens with one attached hydrogen (secondary N) is 2. The summed E-state index contributed by atoms with van der Waals surface area (Å²) < 4.78 is 0.951. The van der Waals surface area contributed by atoms with E-state index in [4.69, 9.17) is 0 Å². The molecule has 0 saturated carbocycles. The van der Waals surface area contributed by atoms with E-state index in [-0.39, 0.29) is 5.91 Å². The summed E-state index contributed by atoms with van der Waals surface area (Å²) in [6.07, 6.45) is 0. The maximum atomic E-state index is 12.3. The lowest BCUT2D eigenvalue weighted by Gasteiger charge is -2.12. The molecule has 104 valence electrons. The van der Waals surface area contributed by atoms with Crippen LogP contribution in [0, 0.1) is 3.57 Å². The van der Waals surface area contributed by atoms with Crippen molar-refractivity contribution in [2.24, 2.45) is 0 Å². The maximum absolute atomic E-state index is 12.3. The van der Waals surface area contributed by atoms with Crippen molar-refractivity contribution in [3.63, 3.8) is 0 Å². The minimum atomic E-state index is -0.0704. The summed E-state index contributed by atoms with van der Waals surface area (Å²) in [6, 6.07) is 15.4. The molecule has 0 bridgehead atoms. The third kappa shape index (κ3) is 3.80. The molecule has 0 aromatic heterocycles. The monoisotopic (exact) mass is 380 g/mol. The highest BCUT2D eigenvalue weighted by Gasteiger charge is 2.11. The molecule has 0 aliphatic rings. The Morgan fingerprint density at radius 1 is 1.10 bits per heavy atom. The van der Waals surface area contributed by atoms with Gasteiger partial charge in [0, 0.05) is 15.8 Å². The number of amides is 1. The molecular weight excluding hydrogens is 363 g/mol.